The van der Waals surface area contributed by atoms with E-state index in [4.69, 9.17) is 14.2 Å². The summed E-state index contributed by atoms with van der Waals surface area (Å²) in [5.41, 5.74) is 0.164. The first-order valence-corrected chi connectivity index (χ1v) is 8.98. The summed E-state index contributed by atoms with van der Waals surface area (Å²) in [7, 11) is 0. The van der Waals surface area contributed by atoms with E-state index >= 15 is 0 Å². The van der Waals surface area contributed by atoms with Crippen molar-refractivity contribution in [2.75, 3.05) is 32.9 Å². The van der Waals surface area contributed by atoms with Crippen LogP contribution in [0.1, 0.15) is 39.7 Å². The molecule has 0 unspecified atom stereocenters. The number of benzene rings is 1. The predicted molar refractivity (Wildman–Crippen MR) is 95.9 cm³/mol. The first-order valence-electron chi connectivity index (χ1n) is 8.98. The highest BCUT2D eigenvalue weighted by atomic mass is 19.1. The van der Waals surface area contributed by atoms with Crippen LogP contribution in [0.15, 0.2) is 12.1 Å². The van der Waals surface area contributed by atoms with Gasteiger partial charge in [-0.3, -0.25) is 9.59 Å². The molecule has 1 amide bonds. The number of esters is 1. The van der Waals surface area contributed by atoms with E-state index in [1.807, 2.05) is 20.8 Å². The quantitative estimate of drug-likeness (QED) is 0.561. The Morgan fingerprint density at radius 2 is 1.77 bits per heavy atom. The number of ether oxygens (including phenoxy) is 3. The lowest BCUT2D eigenvalue weighted by molar-refractivity contribution is -0.142. The van der Waals surface area contributed by atoms with Gasteiger partial charge in [-0.15, -0.1) is 0 Å². The minimum absolute atomic E-state index is 0.0966. The van der Waals surface area contributed by atoms with Crippen LogP contribution in [-0.4, -0.2) is 49.7 Å². The largest absolute Gasteiger partial charge is 0.487 e. The highest BCUT2D eigenvalue weighted by Crippen LogP contribution is 2.33. The maximum Gasteiger partial charge on any atom is 0.310 e. The normalized spacial score (nSPS) is 10.3. The first kappa shape index (κ1) is 21.7. The molecule has 0 fully saturated rings. The summed E-state index contributed by atoms with van der Waals surface area (Å²) >= 11 is 0. The first-order chi connectivity index (χ1) is 12.5. The van der Waals surface area contributed by atoms with E-state index in [9.17, 15) is 14.0 Å². The molecule has 0 atom stereocenters. The third kappa shape index (κ3) is 6.20. The number of carbonyl (C=O) groups excluding carboxylic acids is 2. The monoisotopic (exact) mass is 369 g/mol. The summed E-state index contributed by atoms with van der Waals surface area (Å²) in [5.74, 6) is -1.33. The zero-order valence-electron chi connectivity index (χ0n) is 16.0. The van der Waals surface area contributed by atoms with Crippen LogP contribution in [0, 0.1) is 5.82 Å². The van der Waals surface area contributed by atoms with Crippen molar-refractivity contribution in [1.82, 2.24) is 4.90 Å². The van der Waals surface area contributed by atoms with Crippen LogP contribution in [0.5, 0.6) is 11.5 Å². The number of rotatable bonds is 11. The predicted octanol–water partition coefficient (Wildman–Crippen LogP) is 2.97. The van der Waals surface area contributed by atoms with Gasteiger partial charge in [0.25, 0.3) is 5.91 Å². The Labute approximate surface area is 154 Å². The van der Waals surface area contributed by atoms with Gasteiger partial charge in [-0.25, -0.2) is 4.39 Å². The summed E-state index contributed by atoms with van der Waals surface area (Å²) in [6, 6.07) is 2.95. The third-order valence-corrected chi connectivity index (χ3v) is 3.70. The van der Waals surface area contributed by atoms with Crippen LogP contribution in [0.25, 0.3) is 0 Å². The van der Waals surface area contributed by atoms with E-state index in [0.717, 1.165) is 0 Å². The summed E-state index contributed by atoms with van der Waals surface area (Å²) in [4.78, 5) is 25.4. The lowest BCUT2D eigenvalue weighted by Gasteiger charge is -2.20. The highest BCUT2D eigenvalue weighted by Gasteiger charge is 2.20. The fourth-order valence-corrected chi connectivity index (χ4v) is 2.34. The van der Waals surface area contributed by atoms with Gasteiger partial charge in [0.2, 0.25) is 0 Å². The Hall–Kier alpha value is -2.31. The van der Waals surface area contributed by atoms with Crippen LogP contribution < -0.4 is 9.47 Å². The number of hydrogen-bond acceptors (Lipinski definition) is 5. The number of likely N-dealkylation sites (N-methyl/N-ethyl adjacent to an activating group) is 1. The van der Waals surface area contributed by atoms with E-state index in [2.05, 4.69) is 0 Å². The van der Waals surface area contributed by atoms with Gasteiger partial charge in [0.15, 0.2) is 23.9 Å². The van der Waals surface area contributed by atoms with Gasteiger partial charge < -0.3 is 19.1 Å². The Kier molecular flexibility index (Phi) is 9.47. The molecule has 146 valence electrons. The van der Waals surface area contributed by atoms with Gasteiger partial charge in [-0.05, 0) is 33.3 Å². The van der Waals surface area contributed by atoms with Crippen molar-refractivity contribution in [3.8, 4) is 11.5 Å². The van der Waals surface area contributed by atoms with Gasteiger partial charge in [0.1, 0.15) is 0 Å². The molecular weight excluding hydrogens is 341 g/mol. The van der Waals surface area contributed by atoms with Gasteiger partial charge in [-0.2, -0.15) is 0 Å². The second kappa shape index (κ2) is 11.3. The highest BCUT2D eigenvalue weighted by molar-refractivity contribution is 5.78. The topological polar surface area (TPSA) is 65.1 Å². The number of hydrogen-bond donors (Lipinski definition) is 0. The molecule has 1 aromatic rings. The smallest absolute Gasteiger partial charge is 0.310 e. The van der Waals surface area contributed by atoms with E-state index in [1.54, 1.807) is 11.8 Å². The molecule has 0 N–H and O–H groups in total. The fraction of sp³-hybridized carbons (Fsp3) is 0.579. The van der Waals surface area contributed by atoms with E-state index in [-0.39, 0.29) is 42.6 Å². The lowest BCUT2D eigenvalue weighted by Crippen LogP contribution is -2.34. The van der Waals surface area contributed by atoms with E-state index < -0.39 is 11.8 Å². The van der Waals surface area contributed by atoms with Gasteiger partial charge in [0.05, 0.1) is 19.6 Å². The van der Waals surface area contributed by atoms with E-state index in [1.165, 1.54) is 12.1 Å². The SMILES string of the molecule is CCCOC(=O)Cc1ccc(OCC(=O)N(CC)CC)c(OCC)c1F. The Balaban J connectivity index is 2.91. The van der Waals surface area contributed by atoms with Crippen LogP contribution in [0.2, 0.25) is 0 Å². The maximum absolute atomic E-state index is 14.7. The van der Waals surface area contributed by atoms with Crippen molar-refractivity contribution in [2.45, 2.75) is 40.5 Å². The van der Waals surface area contributed by atoms with Crippen molar-refractivity contribution in [2.24, 2.45) is 0 Å². The Morgan fingerprint density at radius 1 is 1.08 bits per heavy atom. The average molecular weight is 369 g/mol. The van der Waals surface area contributed by atoms with Crippen molar-refractivity contribution in [3.05, 3.63) is 23.5 Å². The molecule has 0 spiro atoms. The lowest BCUT2D eigenvalue weighted by atomic mass is 10.1. The molecule has 1 aromatic carbocycles. The molecular formula is C19H28FNO5. The number of halogens is 1. The molecule has 7 heteroatoms. The molecule has 0 saturated carbocycles. The second-order valence-corrected chi connectivity index (χ2v) is 5.55. The van der Waals surface area contributed by atoms with Gasteiger partial charge in [-0.1, -0.05) is 13.0 Å². The fourth-order valence-electron chi connectivity index (χ4n) is 2.34. The number of nitrogens with zero attached hydrogens (tertiary/aromatic N) is 1. The molecule has 26 heavy (non-hydrogen) atoms. The molecule has 0 heterocycles. The molecule has 0 bridgehead atoms. The minimum atomic E-state index is -0.673. The van der Waals surface area contributed by atoms with Crippen molar-refractivity contribution >= 4 is 11.9 Å². The Morgan fingerprint density at radius 3 is 2.35 bits per heavy atom. The minimum Gasteiger partial charge on any atom is -0.487 e. The van der Waals surface area contributed by atoms with Crippen LogP contribution >= 0.6 is 0 Å². The third-order valence-electron chi connectivity index (χ3n) is 3.70. The van der Waals surface area contributed by atoms with Crippen molar-refractivity contribution in [1.29, 1.82) is 0 Å². The maximum atomic E-state index is 14.7. The number of carbonyl (C=O) groups is 2. The molecule has 0 saturated heterocycles. The summed E-state index contributed by atoms with van der Waals surface area (Å²) in [6.45, 7) is 8.80. The van der Waals surface area contributed by atoms with Gasteiger partial charge in [0, 0.05) is 18.7 Å². The standard InChI is InChI=1S/C19H28FNO5/c1-5-11-25-17(23)12-14-9-10-15(19(18(14)20)24-8-4)26-13-16(22)21(6-2)7-3/h9-10H,5-8,11-13H2,1-4H3. The number of amides is 1. The zero-order valence-corrected chi connectivity index (χ0v) is 16.0. The summed E-state index contributed by atoms with van der Waals surface area (Å²) < 4.78 is 30.5. The van der Waals surface area contributed by atoms with Crippen molar-refractivity contribution in [3.63, 3.8) is 0 Å². The van der Waals surface area contributed by atoms with Crippen molar-refractivity contribution < 1.29 is 28.2 Å². The average Bonchev–Trinajstić information content (AvgIpc) is 2.63. The molecule has 0 aliphatic carbocycles. The summed E-state index contributed by atoms with van der Waals surface area (Å²) in [6.07, 6.45) is 0.510. The molecule has 0 radical (unpaired) electrons. The van der Waals surface area contributed by atoms with Crippen LogP contribution in [-0.2, 0) is 20.7 Å². The molecule has 0 aliphatic heterocycles. The van der Waals surface area contributed by atoms with E-state index in [0.29, 0.717) is 26.1 Å². The molecule has 0 aromatic heterocycles. The van der Waals surface area contributed by atoms with Crippen LogP contribution in [0.3, 0.4) is 0 Å². The summed E-state index contributed by atoms with van der Waals surface area (Å²) in [5, 5.41) is 0. The van der Waals surface area contributed by atoms with Crippen LogP contribution in [0.4, 0.5) is 4.39 Å². The molecule has 0 aliphatic rings. The molecule has 1 rings (SSSR count). The Bertz CT molecular complexity index is 602. The zero-order chi connectivity index (χ0) is 19.5. The molecule has 6 nitrogen and oxygen atoms in total. The van der Waals surface area contributed by atoms with Gasteiger partial charge >= 0.3 is 5.97 Å². The second-order valence-electron chi connectivity index (χ2n) is 5.55.